The van der Waals surface area contributed by atoms with Gasteiger partial charge in [-0.05, 0) is 42.0 Å². The highest BCUT2D eigenvalue weighted by atomic mass is 32.2. The summed E-state index contributed by atoms with van der Waals surface area (Å²) in [5, 5.41) is 10.1. The van der Waals surface area contributed by atoms with E-state index >= 15 is 0 Å². The topological polar surface area (TPSA) is 76.4 Å². The summed E-state index contributed by atoms with van der Waals surface area (Å²) in [6.07, 6.45) is 4.48. The van der Waals surface area contributed by atoms with Gasteiger partial charge in [-0.1, -0.05) is 12.1 Å². The molecule has 3 heterocycles. The molecule has 0 aliphatic carbocycles. The van der Waals surface area contributed by atoms with Crippen LogP contribution in [-0.4, -0.2) is 35.0 Å². The van der Waals surface area contributed by atoms with E-state index in [2.05, 4.69) is 14.9 Å². The highest BCUT2D eigenvalue weighted by Gasteiger charge is 2.25. The van der Waals surface area contributed by atoms with E-state index in [9.17, 15) is 8.42 Å². The summed E-state index contributed by atoms with van der Waals surface area (Å²) in [5.74, 6) is 1.43. The fourth-order valence-electron chi connectivity index (χ4n) is 2.24. The molecule has 0 spiro atoms. The molecule has 1 N–H and O–H groups in total. The number of aromatic nitrogens is 3. The number of sulfonamides is 1. The van der Waals surface area contributed by atoms with Crippen molar-refractivity contribution in [1.82, 2.24) is 19.3 Å². The maximum absolute atomic E-state index is 12.5. The molecule has 0 radical (unpaired) electrons. The van der Waals surface area contributed by atoms with Crippen molar-refractivity contribution in [1.29, 1.82) is 0 Å². The van der Waals surface area contributed by atoms with Gasteiger partial charge in [-0.15, -0.1) is 21.5 Å². The Balaban J connectivity index is 1.95. The maximum atomic E-state index is 12.5. The molecule has 0 saturated carbocycles. The Labute approximate surface area is 143 Å². The predicted molar refractivity (Wildman–Crippen MR) is 93.4 cm³/mol. The first-order valence-corrected chi connectivity index (χ1v) is 10.7. The summed E-state index contributed by atoms with van der Waals surface area (Å²) in [4.78, 5) is 0. The van der Waals surface area contributed by atoms with E-state index < -0.39 is 16.1 Å². The average Bonchev–Trinajstić information content (AvgIpc) is 3.21. The van der Waals surface area contributed by atoms with Gasteiger partial charge in [0.1, 0.15) is 4.21 Å². The van der Waals surface area contributed by atoms with E-state index in [4.69, 9.17) is 0 Å². The number of fused-ring (bicyclic) bond motifs is 1. The van der Waals surface area contributed by atoms with Crippen LogP contribution in [0.25, 0.3) is 5.65 Å². The lowest BCUT2D eigenvalue weighted by molar-refractivity contribution is 0.538. The zero-order chi connectivity index (χ0) is 16.3. The molecule has 9 heteroatoms. The molecule has 0 saturated heterocycles. The number of thiophene rings is 1. The van der Waals surface area contributed by atoms with Crippen LogP contribution >= 0.6 is 23.1 Å². The van der Waals surface area contributed by atoms with Gasteiger partial charge in [0, 0.05) is 6.20 Å². The van der Waals surface area contributed by atoms with Gasteiger partial charge in [0.2, 0.25) is 0 Å². The second-order valence-electron chi connectivity index (χ2n) is 4.87. The number of nitrogens with one attached hydrogen (secondary N) is 1. The van der Waals surface area contributed by atoms with Crippen molar-refractivity contribution < 1.29 is 8.42 Å². The van der Waals surface area contributed by atoms with Crippen molar-refractivity contribution in [2.24, 2.45) is 0 Å². The second-order valence-corrected chi connectivity index (χ2v) is 8.75. The first kappa shape index (κ1) is 16.4. The lowest BCUT2D eigenvalue weighted by atomic mass is 10.2. The molecule has 1 unspecified atom stereocenters. The second kappa shape index (κ2) is 7.00. The average molecular weight is 369 g/mol. The zero-order valence-electron chi connectivity index (χ0n) is 12.4. The molecule has 0 aromatic carbocycles. The molecule has 3 aromatic heterocycles. The number of rotatable bonds is 7. The Morgan fingerprint density at radius 3 is 2.91 bits per heavy atom. The Morgan fingerprint density at radius 2 is 2.17 bits per heavy atom. The van der Waals surface area contributed by atoms with Gasteiger partial charge < -0.3 is 0 Å². The minimum absolute atomic E-state index is 0.306. The molecular weight excluding hydrogens is 352 g/mol. The third kappa shape index (κ3) is 3.57. The molecule has 6 nitrogen and oxygen atoms in total. The normalized spacial score (nSPS) is 13.4. The Morgan fingerprint density at radius 1 is 1.30 bits per heavy atom. The van der Waals surface area contributed by atoms with Crippen molar-refractivity contribution >= 4 is 38.8 Å². The fraction of sp³-hybridized carbons (Fsp3) is 0.286. The number of nitrogens with zero attached hydrogens (tertiary/aromatic N) is 3. The molecule has 0 bridgehead atoms. The van der Waals surface area contributed by atoms with Gasteiger partial charge in [0.15, 0.2) is 11.5 Å². The highest BCUT2D eigenvalue weighted by Crippen LogP contribution is 2.23. The van der Waals surface area contributed by atoms with Crippen LogP contribution in [0.4, 0.5) is 0 Å². The molecule has 1 atom stereocenters. The molecule has 3 rings (SSSR count). The van der Waals surface area contributed by atoms with Crippen molar-refractivity contribution in [2.45, 2.75) is 16.7 Å². The number of pyridine rings is 1. The van der Waals surface area contributed by atoms with Crippen LogP contribution in [-0.2, 0) is 10.0 Å². The SMILES string of the molecule is CSCCC(NS(=O)(=O)c1cccs1)c1nnc2ccccn12. The Bertz CT molecular complexity index is 874. The minimum atomic E-state index is -3.56. The monoisotopic (exact) mass is 368 g/mol. The van der Waals surface area contributed by atoms with Crippen LogP contribution in [0.15, 0.2) is 46.1 Å². The molecule has 122 valence electrons. The largest absolute Gasteiger partial charge is 0.285 e. The molecule has 0 fully saturated rings. The summed E-state index contributed by atoms with van der Waals surface area (Å²) >= 11 is 2.86. The third-order valence-electron chi connectivity index (χ3n) is 3.32. The summed E-state index contributed by atoms with van der Waals surface area (Å²) in [6, 6.07) is 8.49. The van der Waals surface area contributed by atoms with Gasteiger partial charge >= 0.3 is 0 Å². The smallest absolute Gasteiger partial charge is 0.250 e. The van der Waals surface area contributed by atoms with Crippen LogP contribution in [0.1, 0.15) is 18.3 Å². The molecule has 23 heavy (non-hydrogen) atoms. The van der Waals surface area contributed by atoms with Crippen LogP contribution < -0.4 is 4.72 Å². The molecule has 0 amide bonds. The summed E-state index contributed by atoms with van der Waals surface area (Å²) in [5.41, 5.74) is 0.701. The van der Waals surface area contributed by atoms with Crippen LogP contribution in [0.2, 0.25) is 0 Å². The lowest BCUT2D eigenvalue weighted by Crippen LogP contribution is -2.30. The summed E-state index contributed by atoms with van der Waals surface area (Å²) < 4.78 is 30.0. The van der Waals surface area contributed by atoms with Crippen LogP contribution in [0.3, 0.4) is 0 Å². The number of hydrogen-bond donors (Lipinski definition) is 1. The minimum Gasteiger partial charge on any atom is -0.285 e. The summed E-state index contributed by atoms with van der Waals surface area (Å²) in [6.45, 7) is 0. The standard InChI is InChI=1S/C14H16N4O2S3/c1-21-10-7-11(17-23(19,20)13-6-4-9-22-13)14-16-15-12-5-2-3-8-18(12)14/h2-6,8-9,11,17H,7,10H2,1H3. The first-order valence-electron chi connectivity index (χ1n) is 6.96. The van der Waals surface area contributed by atoms with E-state index in [1.807, 2.05) is 35.1 Å². The van der Waals surface area contributed by atoms with Crippen LogP contribution in [0.5, 0.6) is 0 Å². The van der Waals surface area contributed by atoms with E-state index in [-0.39, 0.29) is 0 Å². The van der Waals surface area contributed by atoms with Crippen LogP contribution in [0, 0.1) is 0 Å². The lowest BCUT2D eigenvalue weighted by Gasteiger charge is -2.16. The quantitative estimate of drug-likeness (QED) is 0.694. The van der Waals surface area contributed by atoms with Crippen molar-refractivity contribution in [3.05, 3.63) is 47.7 Å². The highest BCUT2D eigenvalue weighted by molar-refractivity contribution is 7.98. The number of thioether (sulfide) groups is 1. The molecular formula is C14H16N4O2S3. The van der Waals surface area contributed by atoms with E-state index in [1.54, 1.807) is 29.3 Å². The van der Waals surface area contributed by atoms with E-state index in [0.29, 0.717) is 22.1 Å². The van der Waals surface area contributed by atoms with Crippen molar-refractivity contribution in [3.8, 4) is 0 Å². The van der Waals surface area contributed by atoms with E-state index in [0.717, 1.165) is 5.75 Å². The Hall–Kier alpha value is -1.42. The third-order valence-corrected chi connectivity index (χ3v) is 6.83. The van der Waals surface area contributed by atoms with Gasteiger partial charge in [-0.25, -0.2) is 8.42 Å². The Kier molecular flexibility index (Phi) is 5.00. The zero-order valence-corrected chi connectivity index (χ0v) is 14.9. The number of hydrogen-bond acceptors (Lipinski definition) is 6. The van der Waals surface area contributed by atoms with Gasteiger partial charge in [0.05, 0.1) is 6.04 Å². The molecule has 0 aliphatic rings. The maximum Gasteiger partial charge on any atom is 0.250 e. The molecule has 0 aliphatic heterocycles. The van der Waals surface area contributed by atoms with Crippen molar-refractivity contribution in [2.75, 3.05) is 12.0 Å². The van der Waals surface area contributed by atoms with E-state index in [1.165, 1.54) is 11.3 Å². The first-order chi connectivity index (χ1) is 11.1. The predicted octanol–water partition coefficient (Wildman–Crippen LogP) is 2.56. The fourth-order valence-corrected chi connectivity index (χ4v) is 4.94. The van der Waals surface area contributed by atoms with Gasteiger partial charge in [-0.3, -0.25) is 4.40 Å². The van der Waals surface area contributed by atoms with Gasteiger partial charge in [-0.2, -0.15) is 16.5 Å². The summed E-state index contributed by atoms with van der Waals surface area (Å²) in [7, 11) is -3.56. The van der Waals surface area contributed by atoms with Crippen molar-refractivity contribution in [3.63, 3.8) is 0 Å². The molecule has 3 aromatic rings. The van der Waals surface area contributed by atoms with Gasteiger partial charge in [0.25, 0.3) is 10.0 Å².